The van der Waals surface area contributed by atoms with Crippen molar-refractivity contribution in [1.82, 2.24) is 20.0 Å². The highest BCUT2D eigenvalue weighted by molar-refractivity contribution is 7.99. The average molecular weight is 709 g/mol. The Bertz CT molecular complexity index is 1640. The monoisotopic (exact) mass is 708 g/mol. The number of rotatable bonds is 15. The van der Waals surface area contributed by atoms with Crippen LogP contribution in [0.2, 0.25) is 0 Å². The standard InChI is InChI=1S/C38H52N4O5S2/c1-8-11-12-15-18-39-34(43)27(19-22(4)5)42-36(45)24-21-28(48-9-2)32-30-23(20-29(49-10-3)33(31(24)30)38(42)47)35(44)41(37(32)46)26-17-14-13-16-25(26)40(6)7/h20-22,25-27H,8-19H2,1-7H3,(H,39,43). The van der Waals surface area contributed by atoms with Crippen molar-refractivity contribution in [3.63, 3.8) is 0 Å². The molecule has 2 aromatic carbocycles. The number of thioether (sulfide) groups is 2. The van der Waals surface area contributed by atoms with E-state index in [1.165, 1.54) is 28.4 Å². The fraction of sp³-hybridized carbons (Fsp3) is 0.605. The van der Waals surface area contributed by atoms with Gasteiger partial charge in [-0.3, -0.25) is 33.8 Å². The third-order valence-electron chi connectivity index (χ3n) is 10.0. The van der Waals surface area contributed by atoms with Crippen LogP contribution in [0.25, 0.3) is 10.8 Å². The molecule has 0 saturated heterocycles. The molecule has 0 bridgehead atoms. The maximum absolute atomic E-state index is 14.7. The molecule has 49 heavy (non-hydrogen) atoms. The predicted octanol–water partition coefficient (Wildman–Crippen LogP) is 7.24. The number of carbonyl (C=O) groups excluding carboxylic acids is 5. The van der Waals surface area contributed by atoms with E-state index >= 15 is 0 Å². The van der Waals surface area contributed by atoms with Gasteiger partial charge in [-0.15, -0.1) is 23.5 Å². The molecule has 3 aliphatic rings. The second kappa shape index (κ2) is 16.0. The molecule has 9 nitrogen and oxygen atoms in total. The zero-order valence-electron chi connectivity index (χ0n) is 30.1. The SMILES string of the molecule is CCCCCCNC(=O)C(CC(C)C)N1C(=O)c2cc(SCC)c3c4c(cc(SCC)c(c24)C1=O)C(=O)N(C1CCCCC1N(C)C)C3=O. The highest BCUT2D eigenvalue weighted by atomic mass is 32.2. The maximum Gasteiger partial charge on any atom is 0.263 e. The van der Waals surface area contributed by atoms with Crippen LogP contribution in [0.15, 0.2) is 21.9 Å². The molecule has 1 fully saturated rings. The van der Waals surface area contributed by atoms with Gasteiger partial charge >= 0.3 is 0 Å². The van der Waals surface area contributed by atoms with Gasteiger partial charge in [0.1, 0.15) is 6.04 Å². The summed E-state index contributed by atoms with van der Waals surface area (Å²) < 4.78 is 0. The Kier molecular flexibility index (Phi) is 12.2. The van der Waals surface area contributed by atoms with Crippen LogP contribution >= 0.6 is 23.5 Å². The van der Waals surface area contributed by atoms with Gasteiger partial charge in [-0.1, -0.05) is 66.7 Å². The van der Waals surface area contributed by atoms with E-state index in [-0.39, 0.29) is 41.3 Å². The quantitative estimate of drug-likeness (QED) is 0.117. The van der Waals surface area contributed by atoms with Gasteiger partial charge in [-0.05, 0) is 69.3 Å². The van der Waals surface area contributed by atoms with Crippen molar-refractivity contribution in [3.8, 4) is 0 Å². The van der Waals surface area contributed by atoms with E-state index < -0.39 is 17.9 Å². The van der Waals surface area contributed by atoms with Crippen LogP contribution < -0.4 is 5.32 Å². The molecule has 2 heterocycles. The van der Waals surface area contributed by atoms with Crippen molar-refractivity contribution >= 4 is 63.8 Å². The molecule has 1 saturated carbocycles. The summed E-state index contributed by atoms with van der Waals surface area (Å²) in [5, 5.41) is 3.77. The van der Waals surface area contributed by atoms with Gasteiger partial charge in [0.05, 0.1) is 17.2 Å². The Balaban J connectivity index is 1.69. The van der Waals surface area contributed by atoms with Crippen LogP contribution in [-0.4, -0.2) is 94.5 Å². The van der Waals surface area contributed by atoms with E-state index in [0.29, 0.717) is 61.7 Å². The topological polar surface area (TPSA) is 107 Å². The molecule has 3 atom stereocenters. The Morgan fingerprint density at radius 1 is 0.837 bits per heavy atom. The first-order chi connectivity index (χ1) is 23.5. The van der Waals surface area contributed by atoms with Crippen molar-refractivity contribution in [3.05, 3.63) is 34.4 Å². The molecule has 2 aliphatic heterocycles. The molecular formula is C38H52N4O5S2. The predicted molar refractivity (Wildman–Crippen MR) is 198 cm³/mol. The zero-order chi connectivity index (χ0) is 35.6. The summed E-state index contributed by atoms with van der Waals surface area (Å²) in [5.74, 6) is -0.857. The van der Waals surface area contributed by atoms with Crippen LogP contribution in [0.1, 0.15) is 134 Å². The van der Waals surface area contributed by atoms with Gasteiger partial charge in [-0.25, -0.2) is 0 Å². The van der Waals surface area contributed by atoms with Crippen molar-refractivity contribution in [2.24, 2.45) is 5.92 Å². The lowest BCUT2D eigenvalue weighted by atomic mass is 9.82. The number of nitrogens with one attached hydrogen (secondary N) is 1. The number of imide groups is 2. The number of carbonyl (C=O) groups is 5. The summed E-state index contributed by atoms with van der Waals surface area (Å²) in [6.07, 6.45) is 7.89. The summed E-state index contributed by atoms with van der Waals surface area (Å²) >= 11 is 2.89. The molecule has 5 rings (SSSR count). The molecular weight excluding hydrogens is 657 g/mol. The van der Waals surface area contributed by atoms with Gasteiger partial charge in [0.15, 0.2) is 0 Å². The van der Waals surface area contributed by atoms with E-state index in [9.17, 15) is 24.0 Å². The fourth-order valence-corrected chi connectivity index (χ4v) is 9.50. The smallest absolute Gasteiger partial charge is 0.263 e. The number of likely N-dealkylation sites (N-methyl/N-ethyl adjacent to an activating group) is 1. The molecule has 2 aromatic rings. The number of hydrogen-bond donors (Lipinski definition) is 1. The second-order valence-electron chi connectivity index (χ2n) is 14.1. The lowest BCUT2D eigenvalue weighted by Gasteiger charge is -2.44. The minimum atomic E-state index is -0.989. The fourth-order valence-electron chi connectivity index (χ4n) is 7.81. The number of benzene rings is 2. The molecule has 5 amide bonds. The van der Waals surface area contributed by atoms with Crippen LogP contribution in [0, 0.1) is 5.92 Å². The van der Waals surface area contributed by atoms with Crippen molar-refractivity contribution in [2.75, 3.05) is 32.1 Å². The zero-order valence-corrected chi connectivity index (χ0v) is 31.8. The second-order valence-corrected chi connectivity index (χ2v) is 16.7. The van der Waals surface area contributed by atoms with Gasteiger partial charge < -0.3 is 10.2 Å². The maximum atomic E-state index is 14.7. The largest absolute Gasteiger partial charge is 0.354 e. The van der Waals surface area contributed by atoms with Gasteiger partial charge in [0.25, 0.3) is 23.6 Å². The number of amides is 5. The normalized spacial score (nSPS) is 19.9. The van der Waals surface area contributed by atoms with Crippen LogP contribution in [0.3, 0.4) is 0 Å². The summed E-state index contributed by atoms with van der Waals surface area (Å²) in [6, 6.07) is 2.28. The molecule has 266 valence electrons. The summed E-state index contributed by atoms with van der Waals surface area (Å²) in [7, 11) is 4.00. The first-order valence-electron chi connectivity index (χ1n) is 18.1. The van der Waals surface area contributed by atoms with Crippen molar-refractivity contribution in [2.45, 2.75) is 120 Å². The van der Waals surface area contributed by atoms with Crippen LogP contribution in [-0.2, 0) is 4.79 Å². The van der Waals surface area contributed by atoms with E-state index in [1.54, 1.807) is 12.1 Å². The van der Waals surface area contributed by atoms with Crippen molar-refractivity contribution in [1.29, 1.82) is 0 Å². The minimum absolute atomic E-state index is 0.0373. The van der Waals surface area contributed by atoms with Crippen molar-refractivity contribution < 1.29 is 24.0 Å². The Hall–Kier alpha value is -2.89. The van der Waals surface area contributed by atoms with Gasteiger partial charge in [0.2, 0.25) is 5.91 Å². The Morgan fingerprint density at radius 3 is 2.00 bits per heavy atom. The highest BCUT2D eigenvalue weighted by Crippen LogP contribution is 2.47. The summed E-state index contributed by atoms with van der Waals surface area (Å²) in [5.41, 5.74) is 1.34. The summed E-state index contributed by atoms with van der Waals surface area (Å²) in [6.45, 7) is 10.5. The highest BCUT2D eigenvalue weighted by Gasteiger charge is 2.48. The van der Waals surface area contributed by atoms with E-state index in [2.05, 4.69) is 17.1 Å². The molecule has 3 unspecified atom stereocenters. The third kappa shape index (κ3) is 7.04. The van der Waals surface area contributed by atoms with Gasteiger partial charge in [0, 0.05) is 44.3 Å². The van der Waals surface area contributed by atoms with Gasteiger partial charge in [-0.2, -0.15) is 0 Å². The molecule has 11 heteroatoms. The lowest BCUT2D eigenvalue weighted by Crippen LogP contribution is -2.57. The molecule has 0 radical (unpaired) electrons. The average Bonchev–Trinajstić information content (AvgIpc) is 3.06. The van der Waals surface area contributed by atoms with E-state index in [4.69, 9.17) is 0 Å². The van der Waals surface area contributed by atoms with E-state index in [1.807, 2.05) is 41.8 Å². The number of unbranched alkanes of at least 4 members (excludes halogenated alkanes) is 3. The molecule has 1 aliphatic carbocycles. The Labute approximate surface area is 299 Å². The molecule has 0 aromatic heterocycles. The van der Waals surface area contributed by atoms with E-state index in [0.717, 1.165) is 56.3 Å². The molecule has 0 spiro atoms. The van der Waals surface area contributed by atoms with Crippen LogP contribution in [0.5, 0.6) is 0 Å². The lowest BCUT2D eigenvalue weighted by molar-refractivity contribution is -0.125. The van der Waals surface area contributed by atoms with Crippen LogP contribution in [0.4, 0.5) is 0 Å². The first-order valence-corrected chi connectivity index (χ1v) is 20.1. The summed E-state index contributed by atoms with van der Waals surface area (Å²) in [4.78, 5) is 78.3. The first kappa shape index (κ1) is 37.4. The number of hydrogen-bond acceptors (Lipinski definition) is 8. The third-order valence-corrected chi connectivity index (χ3v) is 11.9. The molecule has 1 N–H and O–H groups in total. The minimum Gasteiger partial charge on any atom is -0.354 e. The Morgan fingerprint density at radius 2 is 1.43 bits per heavy atom. The number of nitrogens with zero attached hydrogens (tertiary/aromatic N) is 3.